The van der Waals surface area contributed by atoms with E-state index in [-0.39, 0.29) is 5.91 Å². The van der Waals surface area contributed by atoms with E-state index in [0.29, 0.717) is 14.9 Å². The van der Waals surface area contributed by atoms with Crippen LogP contribution in [0.15, 0.2) is 47.6 Å². The summed E-state index contributed by atoms with van der Waals surface area (Å²) in [4.78, 5) is 18.9. The predicted molar refractivity (Wildman–Crippen MR) is 95.8 cm³/mol. The van der Waals surface area contributed by atoms with Crippen LogP contribution in [0.1, 0.15) is 16.7 Å². The van der Waals surface area contributed by atoms with E-state index >= 15 is 0 Å². The number of aromatic nitrogens is 1. The molecule has 0 aliphatic carbocycles. The second kappa shape index (κ2) is 6.02. The average molecular weight is 326 g/mol. The molecule has 0 atom stereocenters. The van der Waals surface area contributed by atoms with E-state index in [1.165, 1.54) is 22.2 Å². The fraction of sp³-hybridized carbons (Fsp3) is 0.118. The van der Waals surface area contributed by atoms with Gasteiger partial charge in [0, 0.05) is 6.20 Å². The highest BCUT2D eigenvalue weighted by atomic mass is 32.2. The van der Waals surface area contributed by atoms with Crippen LogP contribution in [-0.4, -0.2) is 15.2 Å². The number of pyridine rings is 1. The van der Waals surface area contributed by atoms with Crippen molar-refractivity contribution in [2.75, 3.05) is 4.90 Å². The SMILES string of the molecule is Cc1ccc(C)c(/C=C2\SC(=S)N(c3cccnc3)C2=O)c1. The molecule has 2 aromatic rings. The number of carbonyl (C=O) groups is 1. The first-order valence-electron chi connectivity index (χ1n) is 6.81. The lowest BCUT2D eigenvalue weighted by atomic mass is 10.1. The molecule has 1 amide bonds. The second-order valence-corrected chi connectivity index (χ2v) is 6.76. The largest absolute Gasteiger partial charge is 0.270 e. The van der Waals surface area contributed by atoms with Gasteiger partial charge in [-0.3, -0.25) is 14.7 Å². The molecule has 3 nitrogen and oxygen atoms in total. The summed E-state index contributed by atoms with van der Waals surface area (Å²) in [5, 5.41) is 0. The standard InChI is InChI=1S/C17H14N2OS2/c1-11-5-6-12(2)13(8-11)9-15-16(20)19(17(21)22-15)14-4-3-7-18-10-14/h3-10H,1-2H3/b15-9-. The number of hydrogen-bond donors (Lipinski definition) is 0. The fourth-order valence-electron chi connectivity index (χ4n) is 2.23. The van der Waals surface area contributed by atoms with Gasteiger partial charge in [-0.05, 0) is 43.2 Å². The van der Waals surface area contributed by atoms with Crippen LogP contribution in [0.5, 0.6) is 0 Å². The summed E-state index contributed by atoms with van der Waals surface area (Å²) < 4.78 is 0.537. The molecular formula is C17H14N2OS2. The van der Waals surface area contributed by atoms with Gasteiger partial charge in [0.1, 0.15) is 0 Å². The van der Waals surface area contributed by atoms with E-state index in [2.05, 4.69) is 23.2 Å². The van der Waals surface area contributed by atoms with Gasteiger partial charge in [0.25, 0.3) is 5.91 Å². The maximum absolute atomic E-state index is 12.6. The highest BCUT2D eigenvalue weighted by molar-refractivity contribution is 8.27. The van der Waals surface area contributed by atoms with Gasteiger partial charge in [-0.2, -0.15) is 0 Å². The number of thioether (sulfide) groups is 1. The molecular weight excluding hydrogens is 312 g/mol. The molecule has 1 aromatic carbocycles. The molecule has 110 valence electrons. The number of benzene rings is 1. The topological polar surface area (TPSA) is 33.2 Å². The summed E-state index contributed by atoms with van der Waals surface area (Å²) in [5.41, 5.74) is 4.05. The summed E-state index contributed by atoms with van der Waals surface area (Å²) >= 11 is 6.68. The smallest absolute Gasteiger partial charge is 0.268 e. The summed E-state index contributed by atoms with van der Waals surface area (Å²) in [6, 6.07) is 9.82. The lowest BCUT2D eigenvalue weighted by Crippen LogP contribution is -2.27. The fourth-order valence-corrected chi connectivity index (χ4v) is 3.52. The molecule has 0 radical (unpaired) electrons. The van der Waals surface area contributed by atoms with Gasteiger partial charge in [-0.25, -0.2) is 0 Å². The van der Waals surface area contributed by atoms with Gasteiger partial charge >= 0.3 is 0 Å². The number of rotatable bonds is 2. The molecule has 5 heteroatoms. The van der Waals surface area contributed by atoms with Crippen molar-refractivity contribution in [3.63, 3.8) is 0 Å². The number of carbonyl (C=O) groups excluding carboxylic acids is 1. The molecule has 1 saturated heterocycles. The Morgan fingerprint density at radius 1 is 1.27 bits per heavy atom. The Balaban J connectivity index is 1.97. The van der Waals surface area contributed by atoms with Crippen molar-refractivity contribution in [1.29, 1.82) is 0 Å². The maximum Gasteiger partial charge on any atom is 0.270 e. The lowest BCUT2D eigenvalue weighted by molar-refractivity contribution is -0.113. The molecule has 0 saturated carbocycles. The van der Waals surface area contributed by atoms with Crippen molar-refractivity contribution in [2.45, 2.75) is 13.8 Å². The molecule has 0 bridgehead atoms. The first kappa shape index (κ1) is 14.9. The number of nitrogens with zero attached hydrogens (tertiary/aromatic N) is 2. The predicted octanol–water partition coefficient (Wildman–Crippen LogP) is 4.10. The zero-order chi connectivity index (χ0) is 15.7. The normalized spacial score (nSPS) is 16.6. The van der Waals surface area contributed by atoms with E-state index in [1.54, 1.807) is 18.5 Å². The van der Waals surface area contributed by atoms with Gasteiger partial charge in [-0.1, -0.05) is 47.7 Å². The zero-order valence-electron chi connectivity index (χ0n) is 12.2. The van der Waals surface area contributed by atoms with E-state index in [1.807, 2.05) is 26.0 Å². The summed E-state index contributed by atoms with van der Waals surface area (Å²) in [6.45, 7) is 4.07. The number of anilines is 1. The van der Waals surface area contributed by atoms with Crippen molar-refractivity contribution in [2.24, 2.45) is 0 Å². The minimum atomic E-state index is -0.0936. The molecule has 1 aliphatic heterocycles. The molecule has 22 heavy (non-hydrogen) atoms. The molecule has 0 N–H and O–H groups in total. The highest BCUT2D eigenvalue weighted by Gasteiger charge is 2.33. The quantitative estimate of drug-likeness (QED) is 0.614. The molecule has 0 spiro atoms. The van der Waals surface area contributed by atoms with Gasteiger partial charge in [-0.15, -0.1) is 0 Å². The summed E-state index contributed by atoms with van der Waals surface area (Å²) in [7, 11) is 0. The minimum Gasteiger partial charge on any atom is -0.268 e. The van der Waals surface area contributed by atoms with Gasteiger partial charge < -0.3 is 0 Å². The van der Waals surface area contributed by atoms with Crippen molar-refractivity contribution in [3.05, 3.63) is 64.3 Å². The van der Waals surface area contributed by atoms with Crippen LogP contribution < -0.4 is 4.90 Å². The Labute approximate surface area is 139 Å². The van der Waals surface area contributed by atoms with Crippen molar-refractivity contribution in [3.8, 4) is 0 Å². The van der Waals surface area contributed by atoms with Crippen LogP contribution in [-0.2, 0) is 4.79 Å². The number of amides is 1. The Morgan fingerprint density at radius 3 is 2.82 bits per heavy atom. The average Bonchev–Trinajstić information content (AvgIpc) is 2.78. The lowest BCUT2D eigenvalue weighted by Gasteiger charge is -2.13. The van der Waals surface area contributed by atoms with Crippen molar-refractivity contribution in [1.82, 2.24) is 4.98 Å². The Kier molecular flexibility index (Phi) is 4.09. The molecule has 1 aromatic heterocycles. The van der Waals surface area contributed by atoms with Crippen LogP contribution in [0.2, 0.25) is 0 Å². The van der Waals surface area contributed by atoms with Gasteiger partial charge in [0.05, 0.1) is 16.8 Å². The molecule has 2 heterocycles. The molecule has 1 aliphatic rings. The van der Waals surface area contributed by atoms with Crippen LogP contribution in [0.4, 0.5) is 5.69 Å². The second-order valence-electron chi connectivity index (χ2n) is 5.09. The third-order valence-electron chi connectivity index (χ3n) is 3.42. The zero-order valence-corrected chi connectivity index (χ0v) is 13.9. The van der Waals surface area contributed by atoms with E-state index < -0.39 is 0 Å². The third-order valence-corrected chi connectivity index (χ3v) is 4.72. The number of hydrogen-bond acceptors (Lipinski definition) is 4. The first-order valence-corrected chi connectivity index (χ1v) is 8.04. The minimum absolute atomic E-state index is 0.0936. The van der Waals surface area contributed by atoms with Gasteiger partial charge in [0.15, 0.2) is 4.32 Å². The summed E-state index contributed by atoms with van der Waals surface area (Å²) in [5.74, 6) is -0.0936. The maximum atomic E-state index is 12.6. The van der Waals surface area contributed by atoms with Gasteiger partial charge in [0.2, 0.25) is 0 Å². The Bertz CT molecular complexity index is 785. The summed E-state index contributed by atoms with van der Waals surface area (Å²) in [6.07, 6.45) is 5.23. The van der Waals surface area contributed by atoms with E-state index in [4.69, 9.17) is 12.2 Å². The van der Waals surface area contributed by atoms with Crippen LogP contribution >= 0.6 is 24.0 Å². The highest BCUT2D eigenvalue weighted by Crippen LogP contribution is 2.36. The van der Waals surface area contributed by atoms with Crippen molar-refractivity contribution < 1.29 is 4.79 Å². The van der Waals surface area contributed by atoms with Crippen molar-refractivity contribution >= 4 is 46.0 Å². The third kappa shape index (κ3) is 2.82. The van der Waals surface area contributed by atoms with Crippen LogP contribution in [0.25, 0.3) is 6.08 Å². The number of aryl methyl sites for hydroxylation is 2. The van der Waals surface area contributed by atoms with E-state index in [9.17, 15) is 4.79 Å². The number of thiocarbonyl (C=S) groups is 1. The van der Waals surface area contributed by atoms with Crippen LogP contribution in [0.3, 0.4) is 0 Å². The first-order chi connectivity index (χ1) is 10.6. The molecule has 1 fully saturated rings. The Hall–Kier alpha value is -1.98. The van der Waals surface area contributed by atoms with E-state index in [0.717, 1.165) is 11.1 Å². The molecule has 0 unspecified atom stereocenters. The molecule has 3 rings (SSSR count). The Morgan fingerprint density at radius 2 is 2.09 bits per heavy atom. The monoisotopic (exact) mass is 326 g/mol. The van der Waals surface area contributed by atoms with Crippen LogP contribution in [0, 0.1) is 13.8 Å².